The van der Waals surface area contributed by atoms with Crippen molar-refractivity contribution in [3.05, 3.63) is 21.0 Å². The topological polar surface area (TPSA) is 168 Å². The smallest absolute Gasteiger partial charge is 0.409 e. The van der Waals surface area contributed by atoms with E-state index in [4.69, 9.17) is 14.6 Å². The summed E-state index contributed by atoms with van der Waals surface area (Å²) < 4.78 is 12.2. The number of carboxylic acid groups (broad SMARTS) is 1. The van der Waals surface area contributed by atoms with Crippen LogP contribution in [0.25, 0.3) is 0 Å². The molecule has 0 radical (unpaired) electrons. The summed E-state index contributed by atoms with van der Waals surface area (Å²) in [7, 11) is 0. The van der Waals surface area contributed by atoms with Gasteiger partial charge in [-0.05, 0) is 69.3 Å². The minimum Gasteiger partial charge on any atom is -0.465 e. The van der Waals surface area contributed by atoms with Gasteiger partial charge < -0.3 is 25.2 Å². The van der Waals surface area contributed by atoms with Crippen molar-refractivity contribution in [3.8, 4) is 0 Å². The number of aryl methyl sites for hydroxylation is 1. The van der Waals surface area contributed by atoms with Crippen LogP contribution in [0.4, 0.5) is 20.3 Å². The van der Waals surface area contributed by atoms with Crippen LogP contribution in [0.2, 0.25) is 0 Å². The number of aromatic amines is 1. The van der Waals surface area contributed by atoms with Crippen LogP contribution in [0, 0.1) is 6.92 Å². The summed E-state index contributed by atoms with van der Waals surface area (Å²) in [6.45, 7) is 7.21. The van der Waals surface area contributed by atoms with Gasteiger partial charge in [0.15, 0.2) is 9.61 Å². The van der Waals surface area contributed by atoms with Gasteiger partial charge in [-0.2, -0.15) is 5.10 Å². The molecule has 2 aromatic heterocycles. The number of ether oxygens (including phenoxy) is 2. The molecule has 2 aromatic rings. The predicted octanol–water partition coefficient (Wildman–Crippen LogP) is 4.34. The number of fused-ring (bicyclic) bond motifs is 2. The summed E-state index contributed by atoms with van der Waals surface area (Å²) >= 11 is 4.19. The number of nitrogens with one attached hydrogen (secondary N) is 4. The van der Waals surface area contributed by atoms with E-state index < -0.39 is 29.3 Å². The largest absolute Gasteiger partial charge is 0.465 e. The van der Waals surface area contributed by atoms with Crippen LogP contribution in [0.15, 0.2) is 3.92 Å². The maximum absolute atomic E-state index is 13.0. The van der Waals surface area contributed by atoms with Crippen molar-refractivity contribution < 1.29 is 29.0 Å². The van der Waals surface area contributed by atoms with Crippen molar-refractivity contribution in [2.75, 3.05) is 10.6 Å². The first-order chi connectivity index (χ1) is 16.4. The summed E-state index contributed by atoms with van der Waals surface area (Å²) in [6.07, 6.45) is 0.653. The first kappa shape index (κ1) is 25.4. The lowest BCUT2D eigenvalue weighted by Gasteiger charge is -2.37. The fourth-order valence-corrected chi connectivity index (χ4v) is 5.80. The Balaban J connectivity index is 1.51. The van der Waals surface area contributed by atoms with E-state index in [2.05, 4.69) is 47.1 Å². The van der Waals surface area contributed by atoms with E-state index in [1.165, 1.54) is 0 Å². The molecule has 190 valence electrons. The number of thiazole rings is 1. The second-order valence-electron chi connectivity index (χ2n) is 9.58. The monoisotopic (exact) mass is 570 g/mol. The standard InChI is InChI=1S/C21H27BrN6O6S/c1-9-12(24-15(29)13-16(26-18(30)31)35-17(22)25-13)14(28-27-9)21-7-5-10(11(33-21)6-8-21)23-19(32)34-20(2,3)4/h10-11,26H,5-8H2,1-4H3,(H,23,32)(H,24,29)(H,27,28)(H,30,31). The van der Waals surface area contributed by atoms with Gasteiger partial charge in [-0.15, -0.1) is 0 Å². The van der Waals surface area contributed by atoms with Gasteiger partial charge in [0.2, 0.25) is 0 Å². The molecule has 2 aliphatic heterocycles. The van der Waals surface area contributed by atoms with Gasteiger partial charge in [0.05, 0.1) is 23.5 Å². The molecule has 4 rings (SSSR count). The van der Waals surface area contributed by atoms with Crippen molar-refractivity contribution in [2.24, 2.45) is 0 Å². The van der Waals surface area contributed by atoms with Gasteiger partial charge in [0, 0.05) is 0 Å². The molecule has 3 unspecified atom stereocenters. The third-order valence-electron chi connectivity index (χ3n) is 5.87. The van der Waals surface area contributed by atoms with Gasteiger partial charge in [0.25, 0.3) is 5.91 Å². The predicted molar refractivity (Wildman–Crippen MR) is 131 cm³/mol. The molecule has 2 saturated heterocycles. The highest BCUT2D eigenvalue weighted by Crippen LogP contribution is 2.50. The molecule has 4 heterocycles. The van der Waals surface area contributed by atoms with Crippen LogP contribution in [0.3, 0.4) is 0 Å². The Morgan fingerprint density at radius 2 is 1.97 bits per heavy atom. The molecule has 12 nitrogen and oxygen atoms in total. The number of halogens is 1. The molecular formula is C21H27BrN6O6S. The van der Waals surface area contributed by atoms with Gasteiger partial charge in [-0.25, -0.2) is 14.6 Å². The number of hydrogen-bond donors (Lipinski definition) is 5. The van der Waals surface area contributed by atoms with E-state index in [-0.39, 0.29) is 22.8 Å². The Morgan fingerprint density at radius 1 is 1.26 bits per heavy atom. The van der Waals surface area contributed by atoms with Gasteiger partial charge in [0.1, 0.15) is 21.9 Å². The van der Waals surface area contributed by atoms with Gasteiger partial charge in [-0.3, -0.25) is 15.2 Å². The molecule has 35 heavy (non-hydrogen) atoms. The lowest BCUT2D eigenvalue weighted by atomic mass is 9.89. The van der Waals surface area contributed by atoms with E-state index in [0.717, 1.165) is 11.3 Å². The third-order valence-corrected chi connectivity index (χ3v) is 7.30. The van der Waals surface area contributed by atoms with Crippen LogP contribution in [-0.2, 0) is 15.1 Å². The van der Waals surface area contributed by atoms with E-state index >= 15 is 0 Å². The zero-order chi connectivity index (χ0) is 25.5. The zero-order valence-corrected chi connectivity index (χ0v) is 22.1. The fourth-order valence-electron chi connectivity index (χ4n) is 4.46. The Hall–Kier alpha value is -2.71. The minimum atomic E-state index is -1.29. The molecule has 2 bridgehead atoms. The van der Waals surface area contributed by atoms with E-state index in [1.54, 1.807) is 6.92 Å². The second kappa shape index (κ2) is 9.39. The summed E-state index contributed by atoms with van der Waals surface area (Å²) in [5.41, 5.74) is 0.318. The minimum absolute atomic E-state index is 0.0520. The Labute approximate surface area is 213 Å². The molecule has 2 fully saturated rings. The van der Waals surface area contributed by atoms with E-state index in [9.17, 15) is 14.4 Å². The SMILES string of the molecule is Cc1[nH]nc(C23CCC(NC(=O)OC(C)(C)C)C(CC2)O3)c1NC(=O)c1nc(Br)sc1NC(=O)O. The molecule has 14 heteroatoms. The number of rotatable bonds is 5. The van der Waals surface area contributed by atoms with E-state index in [0.29, 0.717) is 46.7 Å². The van der Waals surface area contributed by atoms with Crippen LogP contribution in [-0.4, -0.2) is 56.1 Å². The maximum Gasteiger partial charge on any atom is 0.409 e. The van der Waals surface area contributed by atoms with Gasteiger partial charge in [-0.1, -0.05) is 11.3 Å². The van der Waals surface area contributed by atoms with Crippen molar-refractivity contribution in [1.82, 2.24) is 20.5 Å². The number of H-pyrrole nitrogens is 1. The molecule has 0 saturated carbocycles. The lowest BCUT2D eigenvalue weighted by molar-refractivity contribution is -0.0983. The number of hydrogen-bond acceptors (Lipinski definition) is 8. The second-order valence-corrected chi connectivity index (χ2v) is 11.9. The normalized spacial score (nSPS) is 23.6. The molecule has 2 aliphatic rings. The van der Waals surface area contributed by atoms with Gasteiger partial charge >= 0.3 is 12.2 Å². The van der Waals surface area contributed by atoms with Crippen molar-refractivity contribution in [1.29, 1.82) is 0 Å². The van der Waals surface area contributed by atoms with Crippen LogP contribution in [0.1, 0.15) is 68.3 Å². The molecule has 5 N–H and O–H groups in total. The number of carbonyl (C=O) groups is 3. The van der Waals surface area contributed by atoms with Crippen LogP contribution >= 0.6 is 27.3 Å². The number of nitrogens with zero attached hydrogens (tertiary/aromatic N) is 2. The average Bonchev–Trinajstić information content (AvgIpc) is 3.39. The summed E-state index contributed by atoms with van der Waals surface area (Å²) in [5, 5.41) is 24.5. The first-order valence-electron chi connectivity index (χ1n) is 11.1. The Morgan fingerprint density at radius 3 is 2.66 bits per heavy atom. The molecule has 0 aliphatic carbocycles. The molecular weight excluding hydrogens is 544 g/mol. The van der Waals surface area contributed by atoms with Crippen LogP contribution in [0.5, 0.6) is 0 Å². The first-order valence-corrected chi connectivity index (χ1v) is 12.7. The summed E-state index contributed by atoms with van der Waals surface area (Å²) in [6, 6.07) is -0.185. The van der Waals surface area contributed by atoms with Crippen molar-refractivity contribution >= 4 is 56.0 Å². The highest BCUT2D eigenvalue weighted by molar-refractivity contribution is 9.11. The fraction of sp³-hybridized carbons (Fsp3) is 0.571. The maximum atomic E-state index is 13.0. The quantitative estimate of drug-likeness (QED) is 0.353. The number of amides is 3. The highest BCUT2D eigenvalue weighted by Gasteiger charge is 2.51. The third kappa shape index (κ3) is 5.43. The summed E-state index contributed by atoms with van der Waals surface area (Å²) in [5.74, 6) is -0.576. The number of carbonyl (C=O) groups excluding carboxylic acids is 2. The Bertz CT molecular complexity index is 1160. The number of alkyl carbamates (subject to hydrolysis) is 1. The average molecular weight is 571 g/mol. The van der Waals surface area contributed by atoms with Crippen LogP contribution < -0.4 is 16.0 Å². The van der Waals surface area contributed by atoms with Crippen molar-refractivity contribution in [2.45, 2.75) is 76.7 Å². The molecule has 3 atom stereocenters. The zero-order valence-electron chi connectivity index (χ0n) is 19.7. The number of anilines is 2. The Kier molecular flexibility index (Phi) is 6.81. The molecule has 3 amide bonds. The molecule has 0 spiro atoms. The highest BCUT2D eigenvalue weighted by atomic mass is 79.9. The van der Waals surface area contributed by atoms with Crippen molar-refractivity contribution in [3.63, 3.8) is 0 Å². The van der Waals surface area contributed by atoms with E-state index in [1.807, 2.05) is 20.8 Å². The molecule has 0 aromatic carbocycles. The summed E-state index contributed by atoms with van der Waals surface area (Å²) in [4.78, 5) is 40.5. The number of aromatic nitrogens is 3. The lowest BCUT2D eigenvalue weighted by Crippen LogP contribution is -2.49.